The van der Waals surface area contributed by atoms with Crippen molar-refractivity contribution in [2.24, 2.45) is 0 Å². The van der Waals surface area contributed by atoms with Gasteiger partial charge in [-0.2, -0.15) is 0 Å². The van der Waals surface area contributed by atoms with Gasteiger partial charge in [-0.25, -0.2) is 9.97 Å². The van der Waals surface area contributed by atoms with Gasteiger partial charge in [-0.05, 0) is 24.1 Å². The Kier molecular flexibility index (Phi) is 5.29. The van der Waals surface area contributed by atoms with Gasteiger partial charge >= 0.3 is 0 Å². The van der Waals surface area contributed by atoms with Gasteiger partial charge in [0.1, 0.15) is 0 Å². The number of fused-ring (bicyclic) bond motifs is 1. The van der Waals surface area contributed by atoms with Crippen LogP contribution in [-0.4, -0.2) is 65.0 Å². The van der Waals surface area contributed by atoms with Gasteiger partial charge in [0.05, 0.1) is 6.54 Å². The van der Waals surface area contributed by atoms with Gasteiger partial charge in [0.15, 0.2) is 0 Å². The summed E-state index contributed by atoms with van der Waals surface area (Å²) in [4.78, 5) is 28.4. The van der Waals surface area contributed by atoms with Crippen molar-refractivity contribution in [3.05, 3.63) is 54.5 Å². The predicted octanol–water partition coefficient (Wildman–Crippen LogP) is 1.44. The molecule has 0 radical (unpaired) electrons. The van der Waals surface area contributed by atoms with E-state index in [1.54, 1.807) is 12.4 Å². The van der Waals surface area contributed by atoms with Gasteiger partial charge in [0, 0.05) is 62.2 Å². The van der Waals surface area contributed by atoms with Gasteiger partial charge in [0.25, 0.3) is 0 Å². The zero-order valence-electron chi connectivity index (χ0n) is 15.3. The fraction of sp³-hybridized carbons (Fsp3) is 0.350. The van der Waals surface area contributed by atoms with Crippen LogP contribution in [0.4, 0.5) is 5.95 Å². The molecule has 140 valence electrons. The molecule has 2 aromatic heterocycles. The fourth-order valence-corrected chi connectivity index (χ4v) is 3.49. The molecule has 0 bridgehead atoms. The molecule has 0 atom stereocenters. The number of amides is 1. The lowest BCUT2D eigenvalue weighted by molar-refractivity contribution is -0.122. The minimum Gasteiger partial charge on any atom is -0.361 e. The van der Waals surface area contributed by atoms with E-state index in [9.17, 15) is 4.79 Å². The molecule has 1 aromatic carbocycles. The summed E-state index contributed by atoms with van der Waals surface area (Å²) in [5, 5.41) is 4.27. The molecule has 1 amide bonds. The first kappa shape index (κ1) is 17.5. The van der Waals surface area contributed by atoms with Crippen LogP contribution < -0.4 is 10.2 Å². The molecule has 1 aliphatic heterocycles. The molecule has 7 nitrogen and oxygen atoms in total. The third-order valence-corrected chi connectivity index (χ3v) is 4.97. The van der Waals surface area contributed by atoms with E-state index < -0.39 is 0 Å². The number of anilines is 1. The Morgan fingerprint density at radius 1 is 1.07 bits per heavy atom. The highest BCUT2D eigenvalue weighted by atomic mass is 16.2. The highest BCUT2D eigenvalue weighted by molar-refractivity contribution is 5.83. The first-order chi connectivity index (χ1) is 13.3. The SMILES string of the molecule is O=C(CN1CCN(c2ncccn2)CC1)NCCc1c[nH]c2ccccc12. The van der Waals surface area contributed by atoms with Crippen molar-refractivity contribution in [3.8, 4) is 0 Å². The number of para-hydroxylation sites is 1. The fourth-order valence-electron chi connectivity index (χ4n) is 3.49. The van der Waals surface area contributed by atoms with Crippen LogP contribution in [0, 0.1) is 0 Å². The maximum Gasteiger partial charge on any atom is 0.234 e. The van der Waals surface area contributed by atoms with E-state index in [0.29, 0.717) is 13.1 Å². The van der Waals surface area contributed by atoms with Gasteiger partial charge in [-0.3, -0.25) is 9.69 Å². The lowest BCUT2D eigenvalue weighted by Crippen LogP contribution is -2.50. The average Bonchev–Trinajstić information content (AvgIpc) is 3.12. The number of nitrogens with one attached hydrogen (secondary N) is 2. The standard InChI is InChI=1S/C20H24N6O/c27-19(21-9-6-16-14-24-18-5-2-1-4-17(16)18)15-25-10-12-26(13-11-25)20-22-7-3-8-23-20/h1-5,7-8,14,24H,6,9-13,15H2,(H,21,27). The molecule has 0 saturated carbocycles. The molecule has 0 aliphatic carbocycles. The number of H-pyrrole nitrogens is 1. The minimum absolute atomic E-state index is 0.0826. The van der Waals surface area contributed by atoms with Gasteiger partial charge < -0.3 is 15.2 Å². The molecule has 2 N–H and O–H groups in total. The number of carbonyl (C=O) groups excluding carboxylic acids is 1. The van der Waals surface area contributed by atoms with Crippen molar-refractivity contribution in [3.63, 3.8) is 0 Å². The van der Waals surface area contributed by atoms with Crippen molar-refractivity contribution < 1.29 is 4.79 Å². The molecular weight excluding hydrogens is 340 g/mol. The largest absolute Gasteiger partial charge is 0.361 e. The Balaban J connectivity index is 1.20. The molecule has 1 saturated heterocycles. The van der Waals surface area contributed by atoms with E-state index in [4.69, 9.17) is 0 Å². The Morgan fingerprint density at radius 3 is 2.67 bits per heavy atom. The molecule has 27 heavy (non-hydrogen) atoms. The maximum absolute atomic E-state index is 12.3. The lowest BCUT2D eigenvalue weighted by atomic mass is 10.1. The molecule has 3 aromatic rings. The first-order valence-corrected chi connectivity index (χ1v) is 9.35. The summed E-state index contributed by atoms with van der Waals surface area (Å²) in [6, 6.07) is 10.1. The van der Waals surface area contributed by atoms with Gasteiger partial charge in [-0.1, -0.05) is 18.2 Å². The third kappa shape index (κ3) is 4.25. The second-order valence-electron chi connectivity index (χ2n) is 6.77. The molecule has 0 spiro atoms. The number of aromatic nitrogens is 3. The number of aromatic amines is 1. The molecule has 7 heteroatoms. The molecule has 1 aliphatic rings. The predicted molar refractivity (Wildman–Crippen MR) is 106 cm³/mol. The van der Waals surface area contributed by atoms with E-state index in [1.807, 2.05) is 24.4 Å². The monoisotopic (exact) mass is 364 g/mol. The number of rotatable bonds is 6. The second-order valence-corrected chi connectivity index (χ2v) is 6.77. The Hall–Kier alpha value is -2.93. The smallest absolute Gasteiger partial charge is 0.234 e. The van der Waals surface area contributed by atoms with Crippen molar-refractivity contribution in [1.82, 2.24) is 25.2 Å². The van der Waals surface area contributed by atoms with Crippen LogP contribution in [-0.2, 0) is 11.2 Å². The van der Waals surface area contributed by atoms with Crippen LogP contribution in [0.2, 0.25) is 0 Å². The first-order valence-electron chi connectivity index (χ1n) is 9.35. The van der Waals surface area contributed by atoms with Gasteiger partial charge in [-0.15, -0.1) is 0 Å². The number of piperazine rings is 1. The number of carbonyl (C=O) groups is 1. The van der Waals surface area contributed by atoms with Crippen LogP contribution in [0.25, 0.3) is 10.9 Å². The van der Waals surface area contributed by atoms with Crippen LogP contribution in [0.1, 0.15) is 5.56 Å². The molecule has 3 heterocycles. The van der Waals surface area contributed by atoms with E-state index in [2.05, 4.69) is 42.2 Å². The summed E-state index contributed by atoms with van der Waals surface area (Å²) in [5.41, 5.74) is 2.38. The summed E-state index contributed by atoms with van der Waals surface area (Å²) in [6.07, 6.45) is 6.38. The highest BCUT2D eigenvalue weighted by Gasteiger charge is 2.20. The molecule has 0 unspecified atom stereocenters. The van der Waals surface area contributed by atoms with Crippen molar-refractivity contribution >= 4 is 22.8 Å². The second kappa shape index (κ2) is 8.18. The molecule has 4 rings (SSSR count). The van der Waals surface area contributed by atoms with E-state index in [-0.39, 0.29) is 5.91 Å². The molecular formula is C20H24N6O. The van der Waals surface area contributed by atoms with Crippen LogP contribution >= 0.6 is 0 Å². The van der Waals surface area contributed by atoms with E-state index in [0.717, 1.165) is 44.1 Å². The lowest BCUT2D eigenvalue weighted by Gasteiger charge is -2.34. The van der Waals surface area contributed by atoms with Crippen LogP contribution in [0.3, 0.4) is 0 Å². The summed E-state index contributed by atoms with van der Waals surface area (Å²) in [5.74, 6) is 0.847. The number of hydrogen-bond donors (Lipinski definition) is 2. The van der Waals surface area contributed by atoms with Crippen molar-refractivity contribution in [2.45, 2.75) is 6.42 Å². The maximum atomic E-state index is 12.3. The summed E-state index contributed by atoms with van der Waals surface area (Å²) >= 11 is 0. The van der Waals surface area contributed by atoms with Crippen molar-refractivity contribution in [2.75, 3.05) is 44.2 Å². The summed E-state index contributed by atoms with van der Waals surface area (Å²) in [6.45, 7) is 4.46. The van der Waals surface area contributed by atoms with Crippen molar-refractivity contribution in [1.29, 1.82) is 0 Å². The summed E-state index contributed by atoms with van der Waals surface area (Å²) in [7, 11) is 0. The number of nitrogens with zero attached hydrogens (tertiary/aromatic N) is 4. The quantitative estimate of drug-likeness (QED) is 0.692. The van der Waals surface area contributed by atoms with Gasteiger partial charge in [0.2, 0.25) is 11.9 Å². The zero-order chi connectivity index (χ0) is 18.5. The van der Waals surface area contributed by atoms with E-state index in [1.165, 1.54) is 10.9 Å². The number of hydrogen-bond acceptors (Lipinski definition) is 5. The molecule has 1 fully saturated rings. The number of benzene rings is 1. The van der Waals surface area contributed by atoms with Crippen LogP contribution in [0.5, 0.6) is 0 Å². The van der Waals surface area contributed by atoms with Crippen LogP contribution in [0.15, 0.2) is 48.9 Å². The average molecular weight is 364 g/mol. The minimum atomic E-state index is 0.0826. The topological polar surface area (TPSA) is 77.2 Å². The Morgan fingerprint density at radius 2 is 1.85 bits per heavy atom. The van der Waals surface area contributed by atoms with E-state index >= 15 is 0 Å². The normalized spacial score (nSPS) is 15.2. The Labute approximate surface area is 158 Å². The zero-order valence-corrected chi connectivity index (χ0v) is 15.3. The summed E-state index contributed by atoms with van der Waals surface area (Å²) < 4.78 is 0. The third-order valence-electron chi connectivity index (χ3n) is 4.97. The Bertz CT molecular complexity index is 886. The highest BCUT2D eigenvalue weighted by Crippen LogP contribution is 2.17.